The van der Waals surface area contributed by atoms with Gasteiger partial charge in [0.05, 0.1) is 24.3 Å². The average Bonchev–Trinajstić information content (AvgIpc) is 2.63. The molecule has 0 aliphatic rings. The fourth-order valence-electron chi connectivity index (χ4n) is 2.37. The van der Waals surface area contributed by atoms with Gasteiger partial charge in [0.15, 0.2) is 9.84 Å². The van der Waals surface area contributed by atoms with Crippen LogP contribution < -0.4 is 10.5 Å². The molecule has 0 saturated heterocycles. The van der Waals surface area contributed by atoms with Crippen LogP contribution >= 0.6 is 0 Å². The first kappa shape index (κ1) is 19.5. The minimum atomic E-state index is -3.09. The van der Waals surface area contributed by atoms with E-state index in [1.54, 1.807) is 13.2 Å². The second-order valence-electron chi connectivity index (χ2n) is 5.75. The lowest BCUT2D eigenvalue weighted by Gasteiger charge is -2.04. The van der Waals surface area contributed by atoms with Crippen LogP contribution in [-0.4, -0.2) is 15.5 Å². The number of rotatable bonds is 5. The van der Waals surface area contributed by atoms with Gasteiger partial charge in [-0.05, 0) is 23.3 Å². The van der Waals surface area contributed by atoms with Crippen LogP contribution in [0.1, 0.15) is 11.1 Å². The number of sulfone groups is 1. The van der Waals surface area contributed by atoms with Gasteiger partial charge in [0.1, 0.15) is 5.75 Å². The van der Waals surface area contributed by atoms with Crippen LogP contribution in [0.25, 0.3) is 0 Å². The van der Waals surface area contributed by atoms with E-state index in [9.17, 15) is 8.42 Å². The van der Waals surface area contributed by atoms with Crippen molar-refractivity contribution in [1.82, 2.24) is 0 Å². The third-order valence-electron chi connectivity index (χ3n) is 3.60. The van der Waals surface area contributed by atoms with Crippen LogP contribution in [0.5, 0.6) is 5.75 Å². The Kier molecular flexibility index (Phi) is 7.24. The number of anilines is 1. The van der Waals surface area contributed by atoms with Crippen LogP contribution in [0.15, 0.2) is 84.9 Å². The highest BCUT2D eigenvalue weighted by Crippen LogP contribution is 2.18. The fourth-order valence-corrected chi connectivity index (χ4v) is 3.88. The summed E-state index contributed by atoms with van der Waals surface area (Å²) in [6.07, 6.45) is 0. The monoisotopic (exact) mass is 369 g/mol. The van der Waals surface area contributed by atoms with E-state index in [4.69, 9.17) is 10.5 Å². The molecule has 0 aromatic heterocycles. The van der Waals surface area contributed by atoms with E-state index >= 15 is 0 Å². The van der Waals surface area contributed by atoms with Gasteiger partial charge in [-0.25, -0.2) is 8.42 Å². The molecule has 26 heavy (non-hydrogen) atoms. The molecule has 0 radical (unpaired) electrons. The number of methoxy groups -OCH3 is 1. The molecule has 3 aromatic rings. The fraction of sp³-hybridized carbons (Fsp3) is 0.143. The molecule has 136 valence electrons. The molecule has 3 aromatic carbocycles. The van der Waals surface area contributed by atoms with Crippen LogP contribution in [0, 0.1) is 0 Å². The van der Waals surface area contributed by atoms with Crippen molar-refractivity contribution in [3.8, 4) is 5.75 Å². The average molecular weight is 369 g/mol. The third-order valence-corrected chi connectivity index (χ3v) is 5.14. The highest BCUT2D eigenvalue weighted by molar-refractivity contribution is 7.89. The zero-order valence-corrected chi connectivity index (χ0v) is 15.5. The molecular weight excluding hydrogens is 346 g/mol. The van der Waals surface area contributed by atoms with Crippen molar-refractivity contribution in [1.29, 1.82) is 0 Å². The number of nitrogens with two attached hydrogens (primary N) is 1. The Labute approximate surface area is 155 Å². The van der Waals surface area contributed by atoms with Crippen LogP contribution in [0.2, 0.25) is 0 Å². The molecule has 0 fully saturated rings. The van der Waals surface area contributed by atoms with Crippen LogP contribution in [0.4, 0.5) is 5.69 Å². The topological polar surface area (TPSA) is 69.4 Å². The molecule has 0 atom stereocenters. The highest BCUT2D eigenvalue weighted by atomic mass is 32.2. The van der Waals surface area contributed by atoms with Crippen molar-refractivity contribution < 1.29 is 13.2 Å². The van der Waals surface area contributed by atoms with Crippen LogP contribution in [0.3, 0.4) is 0 Å². The van der Waals surface area contributed by atoms with Gasteiger partial charge in [0.2, 0.25) is 0 Å². The van der Waals surface area contributed by atoms with E-state index in [1.165, 1.54) is 0 Å². The van der Waals surface area contributed by atoms with Gasteiger partial charge in [0, 0.05) is 0 Å². The SMILES string of the molecule is COc1ccccc1N.O=S(=O)(Cc1ccccc1)Cc1ccccc1. The number of nitrogen functional groups attached to an aromatic ring is 1. The summed E-state index contributed by atoms with van der Waals surface area (Å²) < 4.78 is 28.9. The molecule has 5 heteroatoms. The summed E-state index contributed by atoms with van der Waals surface area (Å²) in [4.78, 5) is 0. The molecule has 0 bridgehead atoms. The maximum atomic E-state index is 12.0. The largest absolute Gasteiger partial charge is 0.495 e. The van der Waals surface area contributed by atoms with E-state index in [0.717, 1.165) is 16.9 Å². The Morgan fingerprint density at radius 3 is 1.54 bits per heavy atom. The molecule has 4 nitrogen and oxygen atoms in total. The Balaban J connectivity index is 0.000000228. The predicted octanol–water partition coefficient (Wildman–Crippen LogP) is 4.08. The minimum absolute atomic E-state index is 0.0999. The van der Waals surface area contributed by atoms with Gasteiger partial charge >= 0.3 is 0 Å². The summed E-state index contributed by atoms with van der Waals surface area (Å²) in [6, 6.07) is 25.9. The van der Waals surface area contributed by atoms with Crippen molar-refractivity contribution in [2.75, 3.05) is 12.8 Å². The second kappa shape index (κ2) is 9.63. The molecule has 0 amide bonds. The summed E-state index contributed by atoms with van der Waals surface area (Å²) >= 11 is 0. The second-order valence-corrected chi connectivity index (χ2v) is 7.81. The van der Waals surface area contributed by atoms with Crippen LogP contribution in [-0.2, 0) is 21.3 Å². The lowest BCUT2D eigenvalue weighted by molar-refractivity contribution is 0.417. The minimum Gasteiger partial charge on any atom is -0.495 e. The van der Waals surface area contributed by atoms with Gasteiger partial charge in [-0.3, -0.25) is 0 Å². The van der Waals surface area contributed by atoms with E-state index < -0.39 is 9.84 Å². The number of benzene rings is 3. The predicted molar refractivity (Wildman–Crippen MR) is 107 cm³/mol. The Hall–Kier alpha value is -2.79. The first-order valence-corrected chi connectivity index (χ1v) is 9.99. The lowest BCUT2D eigenvalue weighted by Crippen LogP contribution is -2.07. The van der Waals surface area contributed by atoms with Gasteiger partial charge in [-0.15, -0.1) is 0 Å². The quantitative estimate of drug-likeness (QED) is 0.688. The van der Waals surface area contributed by atoms with Crippen molar-refractivity contribution in [3.05, 3.63) is 96.1 Å². The molecular formula is C21H23NO3S. The normalized spacial score (nSPS) is 10.5. The van der Waals surface area contributed by atoms with E-state index in [1.807, 2.05) is 78.9 Å². The van der Waals surface area contributed by atoms with E-state index in [-0.39, 0.29) is 11.5 Å². The van der Waals surface area contributed by atoms with E-state index in [0.29, 0.717) is 5.69 Å². The number of para-hydroxylation sites is 2. The number of ether oxygens (including phenoxy) is 1. The summed E-state index contributed by atoms with van der Waals surface area (Å²) in [6.45, 7) is 0. The molecule has 2 N–H and O–H groups in total. The van der Waals surface area contributed by atoms with E-state index in [2.05, 4.69) is 0 Å². The smallest absolute Gasteiger partial charge is 0.158 e. The molecule has 0 unspecified atom stereocenters. The van der Waals surface area contributed by atoms with Gasteiger partial charge in [-0.2, -0.15) is 0 Å². The van der Waals surface area contributed by atoms with Crippen molar-refractivity contribution in [2.45, 2.75) is 11.5 Å². The molecule has 3 rings (SSSR count). The standard InChI is InChI=1S/C14H14O2S.C7H9NO/c15-17(16,11-13-7-3-1-4-8-13)12-14-9-5-2-6-10-14;1-9-7-5-3-2-4-6(7)8/h1-10H,11-12H2;2-5H,8H2,1H3. The maximum Gasteiger partial charge on any atom is 0.158 e. The first-order chi connectivity index (χ1) is 12.5. The molecule has 0 spiro atoms. The first-order valence-electron chi connectivity index (χ1n) is 8.17. The summed E-state index contributed by atoms with van der Waals surface area (Å²) in [5.41, 5.74) is 7.86. The zero-order chi connectivity index (χ0) is 18.8. The number of hydrogen-bond donors (Lipinski definition) is 1. The molecule has 0 heterocycles. The Morgan fingerprint density at radius 1 is 0.731 bits per heavy atom. The van der Waals surface area contributed by atoms with Crippen molar-refractivity contribution in [3.63, 3.8) is 0 Å². The zero-order valence-electron chi connectivity index (χ0n) is 14.7. The number of hydrogen-bond acceptors (Lipinski definition) is 4. The van der Waals surface area contributed by atoms with Crippen molar-refractivity contribution >= 4 is 15.5 Å². The van der Waals surface area contributed by atoms with Gasteiger partial charge in [0.25, 0.3) is 0 Å². The van der Waals surface area contributed by atoms with Crippen molar-refractivity contribution in [2.24, 2.45) is 0 Å². The van der Waals surface area contributed by atoms with Gasteiger partial charge in [-0.1, -0.05) is 72.8 Å². The maximum absolute atomic E-state index is 12.0. The highest BCUT2D eigenvalue weighted by Gasteiger charge is 2.12. The third kappa shape index (κ3) is 6.61. The summed E-state index contributed by atoms with van der Waals surface area (Å²) in [5, 5.41) is 0. The molecule has 0 saturated carbocycles. The summed E-state index contributed by atoms with van der Waals surface area (Å²) in [5.74, 6) is 0.934. The molecule has 0 aliphatic carbocycles. The van der Waals surface area contributed by atoms with Gasteiger partial charge < -0.3 is 10.5 Å². The molecule has 0 aliphatic heterocycles. The summed E-state index contributed by atoms with van der Waals surface area (Å²) in [7, 11) is -1.48. The Morgan fingerprint density at radius 2 is 1.15 bits per heavy atom. The Bertz CT molecular complexity index is 847. The lowest BCUT2D eigenvalue weighted by atomic mass is 10.2.